The Kier molecular flexibility index (Phi) is 3.68. The van der Waals surface area contributed by atoms with Gasteiger partial charge in [-0.05, 0) is 36.5 Å². The molecule has 1 spiro atoms. The average molecular weight is 211 g/mol. The molecule has 0 radical (unpaired) electrons. The minimum atomic E-state index is 0.861. The van der Waals surface area contributed by atoms with E-state index in [1.165, 1.54) is 25.7 Å². The summed E-state index contributed by atoms with van der Waals surface area (Å²) in [6.07, 6.45) is 6.08. The highest BCUT2D eigenvalue weighted by Crippen LogP contribution is 2.62. The van der Waals surface area contributed by atoms with Gasteiger partial charge in [0, 0.05) is 13.1 Å². The summed E-state index contributed by atoms with van der Waals surface area (Å²) < 4.78 is 5.01. The molecule has 2 aliphatic carbocycles. The molecule has 1 N–H and O–H groups in total. The van der Waals surface area contributed by atoms with Crippen LogP contribution in [0.3, 0.4) is 0 Å². The van der Waals surface area contributed by atoms with Crippen molar-refractivity contribution in [3.63, 3.8) is 0 Å². The smallest absolute Gasteiger partial charge is 0.0591 e. The summed E-state index contributed by atoms with van der Waals surface area (Å²) in [4.78, 5) is 0. The average Bonchev–Trinajstić information content (AvgIpc) is 2.18. The van der Waals surface area contributed by atoms with Crippen LogP contribution in [0, 0.1) is 17.3 Å². The molecular weight excluding hydrogens is 186 g/mol. The zero-order chi connectivity index (χ0) is 10.7. The maximum absolute atomic E-state index is 5.01. The summed E-state index contributed by atoms with van der Waals surface area (Å²) in [6, 6.07) is 0. The van der Waals surface area contributed by atoms with Crippen molar-refractivity contribution in [1.29, 1.82) is 0 Å². The van der Waals surface area contributed by atoms with Gasteiger partial charge in [-0.2, -0.15) is 0 Å². The second-order valence-electron chi connectivity index (χ2n) is 5.49. The lowest BCUT2D eigenvalue weighted by molar-refractivity contribution is -0.100. The zero-order valence-electron chi connectivity index (χ0n) is 10.2. The lowest BCUT2D eigenvalue weighted by atomic mass is 9.45. The predicted octanol–water partition coefficient (Wildman–Crippen LogP) is 2.44. The van der Waals surface area contributed by atoms with E-state index in [9.17, 15) is 0 Å². The first-order valence-corrected chi connectivity index (χ1v) is 6.54. The van der Waals surface area contributed by atoms with Crippen molar-refractivity contribution < 1.29 is 4.74 Å². The largest absolute Gasteiger partial charge is 0.379 e. The molecule has 0 amide bonds. The Bertz CT molecular complexity index is 175. The van der Waals surface area contributed by atoms with E-state index in [-0.39, 0.29) is 0 Å². The van der Waals surface area contributed by atoms with E-state index in [0.29, 0.717) is 0 Å². The first kappa shape index (κ1) is 11.4. The molecular formula is C13H25NO. The maximum atomic E-state index is 5.01. The summed E-state index contributed by atoms with van der Waals surface area (Å²) in [5.74, 6) is 2.11. The second kappa shape index (κ2) is 4.84. The van der Waals surface area contributed by atoms with Gasteiger partial charge in [0.1, 0.15) is 0 Å². The van der Waals surface area contributed by atoms with E-state index in [1.807, 2.05) is 0 Å². The first-order valence-electron chi connectivity index (χ1n) is 6.54. The van der Waals surface area contributed by atoms with Crippen LogP contribution < -0.4 is 5.32 Å². The van der Waals surface area contributed by atoms with Gasteiger partial charge < -0.3 is 10.1 Å². The summed E-state index contributed by atoms with van der Waals surface area (Å²) in [7, 11) is 0. The predicted molar refractivity (Wildman–Crippen MR) is 62.9 cm³/mol. The van der Waals surface area contributed by atoms with Gasteiger partial charge in [-0.1, -0.05) is 20.3 Å². The van der Waals surface area contributed by atoms with Crippen LogP contribution in [-0.4, -0.2) is 26.3 Å². The number of ether oxygens (including phenoxy) is 1. The summed E-state index contributed by atoms with van der Waals surface area (Å²) in [6.45, 7) is 8.69. The Morgan fingerprint density at radius 3 is 1.80 bits per heavy atom. The standard InChI is InChI=1S/C9H16.C4H9NO/c1-7-6-8(2)9(7)4-3-5-9;1-3-6-4-2-5-1/h7-8H,3-6H2,1-2H3;5H,1-4H2/t7-,8-;/m1./s1. The van der Waals surface area contributed by atoms with Crippen LogP contribution in [0.4, 0.5) is 0 Å². The Balaban J connectivity index is 0.000000124. The third-order valence-electron chi connectivity index (χ3n) is 4.80. The highest BCUT2D eigenvalue weighted by Gasteiger charge is 2.53. The fraction of sp³-hybridized carbons (Fsp3) is 1.00. The molecule has 3 aliphatic rings. The maximum Gasteiger partial charge on any atom is 0.0591 e. The molecule has 0 aromatic carbocycles. The number of hydrogen-bond donors (Lipinski definition) is 1. The van der Waals surface area contributed by atoms with Crippen molar-refractivity contribution in [2.75, 3.05) is 26.3 Å². The molecule has 2 nitrogen and oxygen atoms in total. The van der Waals surface area contributed by atoms with E-state index >= 15 is 0 Å². The quantitative estimate of drug-likeness (QED) is 0.664. The third-order valence-corrected chi connectivity index (χ3v) is 4.80. The van der Waals surface area contributed by atoms with Crippen molar-refractivity contribution in [2.45, 2.75) is 39.5 Å². The van der Waals surface area contributed by atoms with Crippen molar-refractivity contribution >= 4 is 0 Å². The Labute approximate surface area is 93.8 Å². The summed E-state index contributed by atoms with van der Waals surface area (Å²) >= 11 is 0. The molecule has 0 aromatic heterocycles. The number of rotatable bonds is 0. The van der Waals surface area contributed by atoms with Crippen LogP contribution in [0.2, 0.25) is 0 Å². The van der Waals surface area contributed by atoms with E-state index < -0.39 is 0 Å². The Hall–Kier alpha value is -0.0800. The Morgan fingerprint density at radius 2 is 1.67 bits per heavy atom. The van der Waals surface area contributed by atoms with Crippen molar-refractivity contribution in [2.24, 2.45) is 17.3 Å². The minimum Gasteiger partial charge on any atom is -0.379 e. The molecule has 1 aliphatic heterocycles. The first-order chi connectivity index (χ1) is 7.26. The fourth-order valence-electron chi connectivity index (χ4n) is 3.41. The van der Waals surface area contributed by atoms with Gasteiger partial charge >= 0.3 is 0 Å². The third kappa shape index (κ3) is 2.21. The van der Waals surface area contributed by atoms with Crippen LogP contribution in [0.15, 0.2) is 0 Å². The van der Waals surface area contributed by atoms with Gasteiger partial charge in [0.15, 0.2) is 0 Å². The van der Waals surface area contributed by atoms with Crippen LogP contribution in [0.1, 0.15) is 39.5 Å². The highest BCUT2D eigenvalue weighted by atomic mass is 16.5. The molecule has 2 saturated carbocycles. The van der Waals surface area contributed by atoms with Crippen molar-refractivity contribution in [1.82, 2.24) is 5.32 Å². The number of nitrogens with one attached hydrogen (secondary N) is 1. The molecule has 1 saturated heterocycles. The Morgan fingerprint density at radius 1 is 1.07 bits per heavy atom. The highest BCUT2D eigenvalue weighted by molar-refractivity contribution is 5.03. The molecule has 3 rings (SSSR count). The molecule has 0 unspecified atom stereocenters. The van der Waals surface area contributed by atoms with Crippen LogP contribution in [0.5, 0.6) is 0 Å². The molecule has 2 atom stereocenters. The van der Waals surface area contributed by atoms with Crippen molar-refractivity contribution in [3.05, 3.63) is 0 Å². The molecule has 0 aromatic rings. The normalized spacial score (nSPS) is 37.2. The van der Waals surface area contributed by atoms with E-state index in [0.717, 1.165) is 43.6 Å². The zero-order valence-corrected chi connectivity index (χ0v) is 10.2. The molecule has 3 fully saturated rings. The van der Waals surface area contributed by atoms with Gasteiger partial charge in [0.25, 0.3) is 0 Å². The topological polar surface area (TPSA) is 21.3 Å². The van der Waals surface area contributed by atoms with Gasteiger partial charge in [-0.15, -0.1) is 0 Å². The van der Waals surface area contributed by atoms with Crippen LogP contribution in [-0.2, 0) is 4.74 Å². The lowest BCUT2D eigenvalue weighted by Crippen LogP contribution is -2.51. The van der Waals surface area contributed by atoms with E-state index in [4.69, 9.17) is 4.74 Å². The number of morpholine rings is 1. The molecule has 1 heterocycles. The fourth-order valence-corrected chi connectivity index (χ4v) is 3.41. The number of hydrogen-bond acceptors (Lipinski definition) is 2. The summed E-state index contributed by atoms with van der Waals surface area (Å²) in [5, 5.41) is 3.16. The van der Waals surface area contributed by atoms with Gasteiger partial charge in [0.05, 0.1) is 13.2 Å². The van der Waals surface area contributed by atoms with Crippen molar-refractivity contribution in [3.8, 4) is 0 Å². The molecule has 2 heteroatoms. The lowest BCUT2D eigenvalue weighted by Gasteiger charge is -2.60. The van der Waals surface area contributed by atoms with Crippen LogP contribution >= 0.6 is 0 Å². The van der Waals surface area contributed by atoms with E-state index in [2.05, 4.69) is 19.2 Å². The monoisotopic (exact) mass is 211 g/mol. The minimum absolute atomic E-state index is 0.861. The molecule has 88 valence electrons. The summed E-state index contributed by atoms with van der Waals surface area (Å²) in [5.41, 5.74) is 0.861. The van der Waals surface area contributed by atoms with Gasteiger partial charge in [0.2, 0.25) is 0 Å². The molecule has 15 heavy (non-hydrogen) atoms. The SMILES string of the molecule is C1COCCN1.C[C@@H]1C[C@@H](C)C12CCC2. The van der Waals surface area contributed by atoms with Crippen LogP contribution in [0.25, 0.3) is 0 Å². The second-order valence-corrected chi connectivity index (χ2v) is 5.49. The molecule has 0 bridgehead atoms. The van der Waals surface area contributed by atoms with Gasteiger partial charge in [-0.25, -0.2) is 0 Å². The van der Waals surface area contributed by atoms with Gasteiger partial charge in [-0.3, -0.25) is 0 Å². The van der Waals surface area contributed by atoms with E-state index in [1.54, 1.807) is 0 Å².